The zero-order valence-corrected chi connectivity index (χ0v) is 22.1. The molecule has 3 aliphatic rings. The number of likely N-dealkylation sites (tertiary alicyclic amines) is 1. The van der Waals surface area contributed by atoms with Gasteiger partial charge >= 0.3 is 0 Å². The van der Waals surface area contributed by atoms with E-state index in [4.69, 9.17) is 0 Å². The second kappa shape index (κ2) is 9.98. The van der Waals surface area contributed by atoms with Crippen LogP contribution in [0.15, 0.2) is 66.9 Å². The van der Waals surface area contributed by atoms with Gasteiger partial charge in [-0.25, -0.2) is 9.50 Å². The van der Waals surface area contributed by atoms with Gasteiger partial charge in [-0.3, -0.25) is 24.6 Å². The number of carbonyl (C=O) groups excluding carboxylic acids is 3. The van der Waals surface area contributed by atoms with Gasteiger partial charge in [0.05, 0.1) is 0 Å². The molecular formula is C31H30N6O3. The molecule has 202 valence electrons. The highest BCUT2D eigenvalue weighted by Gasteiger charge is 2.39. The van der Waals surface area contributed by atoms with Crippen LogP contribution in [0.25, 0.3) is 17.0 Å². The molecule has 1 atom stereocenters. The van der Waals surface area contributed by atoms with Crippen molar-refractivity contribution in [1.82, 2.24) is 29.7 Å². The van der Waals surface area contributed by atoms with E-state index in [1.807, 2.05) is 47.0 Å². The van der Waals surface area contributed by atoms with Gasteiger partial charge in [0.1, 0.15) is 6.04 Å². The van der Waals surface area contributed by atoms with Crippen molar-refractivity contribution in [3.05, 3.63) is 89.1 Å². The monoisotopic (exact) mass is 534 g/mol. The van der Waals surface area contributed by atoms with Crippen LogP contribution in [-0.4, -0.2) is 61.3 Å². The summed E-state index contributed by atoms with van der Waals surface area (Å²) in [6, 6.07) is 19.8. The topological polar surface area (TPSA) is 99.9 Å². The van der Waals surface area contributed by atoms with E-state index in [1.54, 1.807) is 4.90 Å². The highest BCUT2D eigenvalue weighted by Crippen LogP contribution is 2.34. The van der Waals surface area contributed by atoms with E-state index in [0.29, 0.717) is 24.4 Å². The van der Waals surface area contributed by atoms with Crippen molar-refractivity contribution >= 4 is 23.4 Å². The van der Waals surface area contributed by atoms with Gasteiger partial charge in [0, 0.05) is 36.8 Å². The molecule has 0 bridgehead atoms. The van der Waals surface area contributed by atoms with Crippen LogP contribution in [0.1, 0.15) is 58.6 Å². The number of imide groups is 1. The number of nitrogens with one attached hydrogen (secondary N) is 1. The summed E-state index contributed by atoms with van der Waals surface area (Å²) in [6.07, 6.45) is 4.82. The molecule has 0 spiro atoms. The number of pyridine rings is 1. The molecule has 2 aromatic heterocycles. The Morgan fingerprint density at radius 3 is 2.55 bits per heavy atom. The normalized spacial score (nSPS) is 20.2. The fourth-order valence-electron chi connectivity index (χ4n) is 6.26. The largest absolute Gasteiger partial charge is 0.322 e. The number of piperidine rings is 2. The summed E-state index contributed by atoms with van der Waals surface area (Å²) in [5, 5.41) is 7.06. The minimum absolute atomic E-state index is 0.119. The first-order valence-electron chi connectivity index (χ1n) is 13.9. The number of rotatable bonds is 5. The number of aromatic nitrogens is 3. The summed E-state index contributed by atoms with van der Waals surface area (Å²) in [5.74, 6) is 0.410. The summed E-state index contributed by atoms with van der Waals surface area (Å²) in [5.41, 5.74) is 5.96. The highest BCUT2D eigenvalue weighted by atomic mass is 16.2. The number of benzene rings is 2. The van der Waals surface area contributed by atoms with Gasteiger partial charge in [-0.05, 0) is 67.1 Å². The molecule has 5 heterocycles. The van der Waals surface area contributed by atoms with Crippen molar-refractivity contribution < 1.29 is 14.4 Å². The molecule has 2 saturated heterocycles. The van der Waals surface area contributed by atoms with Crippen molar-refractivity contribution in [1.29, 1.82) is 0 Å². The van der Waals surface area contributed by atoms with E-state index < -0.39 is 6.04 Å². The van der Waals surface area contributed by atoms with E-state index in [0.717, 1.165) is 55.1 Å². The summed E-state index contributed by atoms with van der Waals surface area (Å²) < 4.78 is 1.87. The van der Waals surface area contributed by atoms with Gasteiger partial charge in [0.2, 0.25) is 11.8 Å². The minimum atomic E-state index is -0.578. The van der Waals surface area contributed by atoms with Gasteiger partial charge in [-0.15, -0.1) is 5.10 Å². The molecule has 9 nitrogen and oxygen atoms in total. The number of fused-ring (bicyclic) bond motifs is 2. The molecule has 0 aliphatic carbocycles. The minimum Gasteiger partial charge on any atom is -0.322 e. The lowest BCUT2D eigenvalue weighted by atomic mass is 9.88. The van der Waals surface area contributed by atoms with Crippen LogP contribution in [-0.2, 0) is 22.7 Å². The van der Waals surface area contributed by atoms with Gasteiger partial charge in [0.15, 0.2) is 11.5 Å². The molecular weight excluding hydrogens is 504 g/mol. The van der Waals surface area contributed by atoms with Gasteiger partial charge in [-0.2, -0.15) is 0 Å². The Labute approximate surface area is 231 Å². The van der Waals surface area contributed by atoms with E-state index in [1.165, 1.54) is 11.1 Å². The lowest BCUT2D eigenvalue weighted by Crippen LogP contribution is -2.52. The van der Waals surface area contributed by atoms with Gasteiger partial charge in [0.25, 0.3) is 5.91 Å². The first-order chi connectivity index (χ1) is 19.5. The first kappa shape index (κ1) is 24.7. The quantitative estimate of drug-likeness (QED) is 0.393. The average molecular weight is 535 g/mol. The van der Waals surface area contributed by atoms with Crippen molar-refractivity contribution in [2.24, 2.45) is 0 Å². The van der Waals surface area contributed by atoms with Crippen molar-refractivity contribution in [2.75, 3.05) is 13.1 Å². The number of hydrogen-bond acceptors (Lipinski definition) is 6. The zero-order valence-electron chi connectivity index (χ0n) is 22.1. The van der Waals surface area contributed by atoms with Crippen LogP contribution in [0.3, 0.4) is 0 Å². The maximum Gasteiger partial charge on any atom is 0.255 e. The van der Waals surface area contributed by atoms with Crippen molar-refractivity contribution in [3.63, 3.8) is 0 Å². The number of nitrogens with zero attached hydrogens (tertiary/aromatic N) is 5. The number of amides is 3. The molecule has 3 aliphatic heterocycles. The lowest BCUT2D eigenvalue weighted by molar-refractivity contribution is -0.136. The van der Waals surface area contributed by atoms with E-state index in [2.05, 4.69) is 44.7 Å². The molecule has 1 unspecified atom stereocenters. The Morgan fingerprint density at radius 2 is 1.75 bits per heavy atom. The second-order valence-electron chi connectivity index (χ2n) is 11.0. The third-order valence-electron chi connectivity index (χ3n) is 8.44. The summed E-state index contributed by atoms with van der Waals surface area (Å²) in [4.78, 5) is 45.7. The predicted molar refractivity (Wildman–Crippen MR) is 148 cm³/mol. The standard InChI is InChI=1S/C31H30N6O3/c38-28-11-9-26(30(39)33-28)36-19-24-16-23(7-8-25(24)31(36)40)21-12-14-35(15-13-21)17-20-6-10-27-32-29(34-37(27)18-20)22-4-2-1-3-5-22/h1-8,10,16,18,21,26H,9,11-15,17,19H2,(H,33,38,39). The molecule has 40 heavy (non-hydrogen) atoms. The molecule has 3 amide bonds. The first-order valence-corrected chi connectivity index (χ1v) is 13.9. The Hall–Kier alpha value is -4.37. The smallest absolute Gasteiger partial charge is 0.255 e. The van der Waals surface area contributed by atoms with Crippen LogP contribution >= 0.6 is 0 Å². The molecule has 9 heteroatoms. The molecule has 2 fully saturated rings. The van der Waals surface area contributed by atoms with Crippen molar-refractivity contribution in [3.8, 4) is 11.4 Å². The lowest BCUT2D eigenvalue weighted by Gasteiger charge is -2.32. The van der Waals surface area contributed by atoms with E-state index in [9.17, 15) is 14.4 Å². The Bertz CT molecular complexity index is 1620. The molecule has 7 rings (SSSR count). The summed E-state index contributed by atoms with van der Waals surface area (Å²) >= 11 is 0. The average Bonchev–Trinajstić information content (AvgIpc) is 3.54. The van der Waals surface area contributed by atoms with E-state index >= 15 is 0 Å². The Kier molecular flexibility index (Phi) is 6.15. The van der Waals surface area contributed by atoms with Crippen LogP contribution < -0.4 is 5.32 Å². The fourth-order valence-corrected chi connectivity index (χ4v) is 6.26. The Balaban J connectivity index is 0.986. The van der Waals surface area contributed by atoms with Gasteiger partial charge < -0.3 is 4.90 Å². The third-order valence-corrected chi connectivity index (χ3v) is 8.44. The van der Waals surface area contributed by atoms with E-state index in [-0.39, 0.29) is 24.1 Å². The van der Waals surface area contributed by atoms with Crippen LogP contribution in [0.5, 0.6) is 0 Å². The number of carbonyl (C=O) groups is 3. The summed E-state index contributed by atoms with van der Waals surface area (Å²) in [7, 11) is 0. The molecule has 2 aromatic carbocycles. The fraction of sp³-hybridized carbons (Fsp3) is 0.323. The number of hydrogen-bond donors (Lipinski definition) is 1. The maximum atomic E-state index is 13.0. The Morgan fingerprint density at radius 1 is 0.925 bits per heavy atom. The van der Waals surface area contributed by atoms with Gasteiger partial charge in [-0.1, -0.05) is 48.5 Å². The SMILES string of the molecule is O=C1CCC(N2Cc3cc(C4CCN(Cc5ccc6nc(-c7ccccc7)nn6c5)CC4)ccc3C2=O)C(=O)N1. The van der Waals surface area contributed by atoms with Crippen LogP contribution in [0, 0.1) is 0 Å². The molecule has 1 N–H and O–H groups in total. The predicted octanol–water partition coefficient (Wildman–Crippen LogP) is 3.54. The van der Waals surface area contributed by atoms with Crippen molar-refractivity contribution in [2.45, 2.75) is 50.7 Å². The molecule has 0 radical (unpaired) electrons. The van der Waals surface area contributed by atoms with Crippen LogP contribution in [0.4, 0.5) is 0 Å². The maximum absolute atomic E-state index is 13.0. The third kappa shape index (κ3) is 4.56. The summed E-state index contributed by atoms with van der Waals surface area (Å²) in [6.45, 7) is 3.27. The molecule has 4 aromatic rings. The van der Waals surface area contributed by atoms with Crippen LogP contribution in [0.2, 0.25) is 0 Å². The molecule has 0 saturated carbocycles. The second-order valence-corrected chi connectivity index (χ2v) is 11.0. The highest BCUT2D eigenvalue weighted by molar-refractivity contribution is 6.05. The zero-order chi connectivity index (χ0) is 27.2.